The first kappa shape index (κ1) is 19.8. The fraction of sp³-hybridized carbons (Fsp3) is 0.316. The van der Waals surface area contributed by atoms with E-state index in [1.165, 1.54) is 23.6 Å². The number of ketones is 1. The fourth-order valence-electron chi connectivity index (χ4n) is 2.29. The Balaban J connectivity index is 2.19. The number of benzene rings is 1. The zero-order valence-electron chi connectivity index (χ0n) is 15.3. The standard InChI is InChI=1S/C19H21FN2O3S/c1-10-8-12(6-7-14(10)20)21-18(25)16-11(2)13(9-26-16)15(23)17(24)22-19(3,4)5/h6-9H,1-5H3,(H,21,25)(H,22,24). The normalized spacial score (nSPS) is 11.2. The molecule has 2 aromatic rings. The third-order valence-electron chi connectivity index (χ3n) is 3.60. The monoisotopic (exact) mass is 376 g/mol. The average molecular weight is 376 g/mol. The maximum absolute atomic E-state index is 13.3. The SMILES string of the molecule is Cc1cc(NC(=O)c2scc(C(=O)C(=O)NC(C)(C)C)c2C)ccc1F. The number of nitrogens with one attached hydrogen (secondary N) is 2. The Bertz CT molecular complexity index is 881. The van der Waals surface area contributed by atoms with E-state index in [0.29, 0.717) is 21.7 Å². The third kappa shape index (κ3) is 4.54. The topological polar surface area (TPSA) is 75.3 Å². The Kier molecular flexibility index (Phi) is 5.61. The molecule has 0 spiro atoms. The van der Waals surface area contributed by atoms with Crippen LogP contribution in [0.5, 0.6) is 0 Å². The summed E-state index contributed by atoms with van der Waals surface area (Å²) < 4.78 is 13.3. The number of aryl methyl sites for hydroxylation is 1. The van der Waals surface area contributed by atoms with Crippen molar-refractivity contribution in [2.45, 2.75) is 40.2 Å². The predicted molar refractivity (Wildman–Crippen MR) is 100 cm³/mol. The molecule has 1 aromatic carbocycles. The number of hydrogen-bond acceptors (Lipinski definition) is 4. The molecule has 2 amide bonds. The van der Waals surface area contributed by atoms with E-state index in [2.05, 4.69) is 10.6 Å². The zero-order valence-corrected chi connectivity index (χ0v) is 16.1. The summed E-state index contributed by atoms with van der Waals surface area (Å²) in [6.45, 7) is 8.57. The predicted octanol–water partition coefficient (Wildman–Crippen LogP) is 3.85. The molecule has 0 saturated carbocycles. The minimum absolute atomic E-state index is 0.206. The second kappa shape index (κ2) is 7.37. The molecule has 0 aliphatic carbocycles. The molecule has 0 unspecified atom stereocenters. The largest absolute Gasteiger partial charge is 0.345 e. The van der Waals surface area contributed by atoms with Gasteiger partial charge in [-0.05, 0) is 63.9 Å². The molecule has 0 saturated heterocycles. The third-order valence-corrected chi connectivity index (χ3v) is 4.68. The van der Waals surface area contributed by atoms with Crippen molar-refractivity contribution in [3.05, 3.63) is 51.0 Å². The van der Waals surface area contributed by atoms with E-state index in [1.807, 2.05) is 0 Å². The first-order valence-corrected chi connectivity index (χ1v) is 8.90. The number of hydrogen-bond donors (Lipinski definition) is 2. The fourth-order valence-corrected chi connectivity index (χ4v) is 3.26. The molecule has 5 nitrogen and oxygen atoms in total. The van der Waals surface area contributed by atoms with Gasteiger partial charge in [0.05, 0.1) is 4.88 Å². The molecule has 26 heavy (non-hydrogen) atoms. The van der Waals surface area contributed by atoms with Gasteiger partial charge in [0.2, 0.25) is 0 Å². The number of amides is 2. The molecule has 0 aliphatic heterocycles. The van der Waals surface area contributed by atoms with Crippen LogP contribution in [0.4, 0.5) is 10.1 Å². The van der Waals surface area contributed by atoms with E-state index >= 15 is 0 Å². The molecule has 138 valence electrons. The lowest BCUT2D eigenvalue weighted by molar-refractivity contribution is -0.118. The molecule has 7 heteroatoms. The van der Waals surface area contributed by atoms with Crippen molar-refractivity contribution >= 4 is 34.6 Å². The van der Waals surface area contributed by atoms with Crippen LogP contribution in [0.1, 0.15) is 51.9 Å². The van der Waals surface area contributed by atoms with Gasteiger partial charge in [0.1, 0.15) is 5.82 Å². The van der Waals surface area contributed by atoms with Crippen LogP contribution in [-0.4, -0.2) is 23.1 Å². The molecule has 1 aromatic heterocycles. The van der Waals surface area contributed by atoms with Gasteiger partial charge < -0.3 is 10.6 Å². The number of thiophene rings is 1. The summed E-state index contributed by atoms with van der Waals surface area (Å²) in [5.74, 6) is -2.15. The van der Waals surface area contributed by atoms with Crippen LogP contribution in [0, 0.1) is 19.7 Å². The Morgan fingerprint density at radius 2 is 1.77 bits per heavy atom. The van der Waals surface area contributed by atoms with Crippen molar-refractivity contribution in [3.63, 3.8) is 0 Å². The van der Waals surface area contributed by atoms with Crippen molar-refractivity contribution in [2.24, 2.45) is 0 Å². The Morgan fingerprint density at radius 1 is 1.12 bits per heavy atom. The summed E-state index contributed by atoms with van der Waals surface area (Å²) in [5, 5.41) is 6.80. The average Bonchev–Trinajstić information content (AvgIpc) is 2.90. The van der Waals surface area contributed by atoms with Crippen LogP contribution < -0.4 is 10.6 Å². The second-order valence-electron chi connectivity index (χ2n) is 7.05. The highest BCUT2D eigenvalue weighted by atomic mass is 32.1. The second-order valence-corrected chi connectivity index (χ2v) is 7.93. The van der Waals surface area contributed by atoms with Crippen LogP contribution >= 0.6 is 11.3 Å². The molecule has 0 bridgehead atoms. The van der Waals surface area contributed by atoms with Gasteiger partial charge in [-0.15, -0.1) is 11.3 Å². The van der Waals surface area contributed by atoms with Crippen LogP contribution in [0.25, 0.3) is 0 Å². The smallest absolute Gasteiger partial charge is 0.292 e. The van der Waals surface area contributed by atoms with Crippen molar-refractivity contribution < 1.29 is 18.8 Å². The molecule has 2 rings (SSSR count). The Labute approximate surface area is 155 Å². The number of carbonyl (C=O) groups is 3. The Morgan fingerprint density at radius 3 is 2.35 bits per heavy atom. The van der Waals surface area contributed by atoms with Crippen molar-refractivity contribution in [3.8, 4) is 0 Å². The van der Waals surface area contributed by atoms with E-state index < -0.39 is 23.1 Å². The summed E-state index contributed by atoms with van der Waals surface area (Å²) >= 11 is 1.09. The molecule has 0 radical (unpaired) electrons. The lowest BCUT2D eigenvalue weighted by atomic mass is 10.0. The molecule has 1 heterocycles. The first-order chi connectivity index (χ1) is 12.0. The lowest BCUT2D eigenvalue weighted by Crippen LogP contribution is -2.44. The maximum atomic E-state index is 13.3. The van der Waals surface area contributed by atoms with Crippen LogP contribution in [0.15, 0.2) is 23.6 Å². The quantitative estimate of drug-likeness (QED) is 0.629. The Hall–Kier alpha value is -2.54. The van der Waals surface area contributed by atoms with E-state index in [0.717, 1.165) is 11.3 Å². The van der Waals surface area contributed by atoms with Crippen molar-refractivity contribution in [1.29, 1.82) is 0 Å². The maximum Gasteiger partial charge on any atom is 0.292 e. The molecule has 0 aliphatic rings. The van der Waals surface area contributed by atoms with Gasteiger partial charge in [0, 0.05) is 22.2 Å². The zero-order chi connectivity index (χ0) is 19.6. The molecular formula is C19H21FN2O3S. The lowest BCUT2D eigenvalue weighted by Gasteiger charge is -2.19. The van der Waals surface area contributed by atoms with Crippen LogP contribution in [-0.2, 0) is 4.79 Å². The van der Waals surface area contributed by atoms with Gasteiger partial charge in [-0.25, -0.2) is 4.39 Å². The van der Waals surface area contributed by atoms with Gasteiger partial charge in [0.15, 0.2) is 0 Å². The van der Waals surface area contributed by atoms with Crippen molar-refractivity contribution in [1.82, 2.24) is 5.32 Å². The van der Waals surface area contributed by atoms with E-state index in [9.17, 15) is 18.8 Å². The number of anilines is 1. The van der Waals surface area contributed by atoms with Gasteiger partial charge >= 0.3 is 0 Å². The van der Waals surface area contributed by atoms with Crippen molar-refractivity contribution in [2.75, 3.05) is 5.32 Å². The molecular weight excluding hydrogens is 355 g/mol. The van der Waals surface area contributed by atoms with Crippen LogP contribution in [0.3, 0.4) is 0 Å². The highest BCUT2D eigenvalue weighted by Gasteiger charge is 2.26. The molecule has 0 fully saturated rings. The molecule has 0 atom stereocenters. The highest BCUT2D eigenvalue weighted by molar-refractivity contribution is 7.12. The first-order valence-electron chi connectivity index (χ1n) is 8.02. The van der Waals surface area contributed by atoms with Gasteiger partial charge in [0.25, 0.3) is 17.6 Å². The number of Topliss-reactive ketones (excluding diaryl/α,β-unsaturated/α-hetero) is 1. The summed E-state index contributed by atoms with van der Waals surface area (Å²) in [6.07, 6.45) is 0. The highest BCUT2D eigenvalue weighted by Crippen LogP contribution is 2.24. The summed E-state index contributed by atoms with van der Waals surface area (Å²) in [6, 6.07) is 4.27. The number of halogens is 1. The number of carbonyl (C=O) groups excluding carboxylic acids is 3. The van der Waals surface area contributed by atoms with Gasteiger partial charge in [-0.1, -0.05) is 0 Å². The summed E-state index contributed by atoms with van der Waals surface area (Å²) in [4.78, 5) is 37.2. The van der Waals surface area contributed by atoms with E-state index in [4.69, 9.17) is 0 Å². The van der Waals surface area contributed by atoms with Gasteiger partial charge in [-0.2, -0.15) is 0 Å². The minimum Gasteiger partial charge on any atom is -0.345 e. The van der Waals surface area contributed by atoms with E-state index in [1.54, 1.807) is 34.6 Å². The van der Waals surface area contributed by atoms with E-state index in [-0.39, 0.29) is 11.4 Å². The van der Waals surface area contributed by atoms with Crippen LogP contribution in [0.2, 0.25) is 0 Å². The number of rotatable bonds is 4. The van der Waals surface area contributed by atoms with Gasteiger partial charge in [-0.3, -0.25) is 14.4 Å². The molecule has 2 N–H and O–H groups in total. The minimum atomic E-state index is -0.709. The summed E-state index contributed by atoms with van der Waals surface area (Å²) in [5.41, 5.74) is 0.996. The summed E-state index contributed by atoms with van der Waals surface area (Å²) in [7, 11) is 0.